The number of sulfonamides is 1. The summed E-state index contributed by atoms with van der Waals surface area (Å²) in [5.74, 6) is -1.61. The number of benzene rings is 2. The van der Waals surface area contributed by atoms with Crippen molar-refractivity contribution >= 4 is 33.4 Å². The van der Waals surface area contributed by atoms with Gasteiger partial charge in [0, 0.05) is 25.9 Å². The van der Waals surface area contributed by atoms with Gasteiger partial charge in [0.25, 0.3) is 11.8 Å². The number of nitrogens with zero attached hydrogens (tertiary/aromatic N) is 1. The van der Waals surface area contributed by atoms with Crippen molar-refractivity contribution in [3.63, 3.8) is 0 Å². The van der Waals surface area contributed by atoms with E-state index in [0.29, 0.717) is 18.7 Å². The Hall–Kier alpha value is -3.08. The molecule has 0 radical (unpaired) electrons. The predicted octanol–water partition coefficient (Wildman–Crippen LogP) is 1.24. The van der Waals surface area contributed by atoms with Crippen molar-refractivity contribution < 1.29 is 27.5 Å². The minimum Gasteiger partial charge on any atom is -0.385 e. The van der Waals surface area contributed by atoms with Crippen molar-refractivity contribution in [2.45, 2.75) is 11.3 Å². The van der Waals surface area contributed by atoms with Crippen LogP contribution in [0.4, 0.5) is 5.69 Å². The number of hydrogen-bond donors (Lipinski definition) is 2. The molecule has 0 aromatic heterocycles. The van der Waals surface area contributed by atoms with Crippen LogP contribution in [0.3, 0.4) is 0 Å². The van der Waals surface area contributed by atoms with Crippen LogP contribution < -0.4 is 10.0 Å². The summed E-state index contributed by atoms with van der Waals surface area (Å²) in [7, 11) is -2.13. The average Bonchev–Trinajstić information content (AvgIpc) is 2.97. The van der Waals surface area contributed by atoms with Gasteiger partial charge in [0.1, 0.15) is 6.54 Å². The fraction of sp³-hybridized carbons (Fsp3) is 0.250. The highest BCUT2D eigenvalue weighted by Gasteiger charge is 2.36. The second kappa shape index (κ2) is 9.16. The summed E-state index contributed by atoms with van der Waals surface area (Å²) < 4.78 is 31.8. The Morgan fingerprint density at radius 1 is 1.00 bits per heavy atom. The van der Waals surface area contributed by atoms with Gasteiger partial charge in [0.15, 0.2) is 0 Å². The van der Waals surface area contributed by atoms with Gasteiger partial charge in [-0.25, -0.2) is 13.1 Å². The Balaban J connectivity index is 1.59. The number of nitrogens with one attached hydrogen (secondary N) is 2. The van der Waals surface area contributed by atoms with Gasteiger partial charge in [-0.1, -0.05) is 12.1 Å². The lowest BCUT2D eigenvalue weighted by molar-refractivity contribution is -0.116. The maximum atomic E-state index is 12.3. The summed E-state index contributed by atoms with van der Waals surface area (Å²) in [5.41, 5.74) is 0.876. The molecule has 2 aromatic rings. The van der Waals surface area contributed by atoms with E-state index >= 15 is 0 Å². The third kappa shape index (κ3) is 4.73. The summed E-state index contributed by atoms with van der Waals surface area (Å²) in [4.78, 5) is 37.9. The highest BCUT2D eigenvalue weighted by atomic mass is 32.2. The molecular weight excluding hydrogens is 410 g/mol. The molecule has 2 aromatic carbocycles. The molecule has 1 heterocycles. The second-order valence-electron chi connectivity index (χ2n) is 6.56. The lowest BCUT2D eigenvalue weighted by Crippen LogP contribution is -2.37. The van der Waals surface area contributed by atoms with Crippen LogP contribution in [-0.2, 0) is 19.6 Å². The van der Waals surface area contributed by atoms with Crippen LogP contribution in [0, 0.1) is 0 Å². The fourth-order valence-corrected chi connectivity index (χ4v) is 4.02. The van der Waals surface area contributed by atoms with E-state index in [1.54, 1.807) is 12.1 Å². The van der Waals surface area contributed by atoms with Crippen molar-refractivity contribution in [1.82, 2.24) is 9.62 Å². The quantitative estimate of drug-likeness (QED) is 0.455. The maximum absolute atomic E-state index is 12.3. The molecular formula is C20H21N3O6S. The number of anilines is 1. The van der Waals surface area contributed by atoms with Crippen LogP contribution in [0.25, 0.3) is 0 Å². The summed E-state index contributed by atoms with van der Waals surface area (Å²) in [5, 5.41) is 2.56. The molecule has 0 unspecified atom stereocenters. The number of hydrogen-bond acceptors (Lipinski definition) is 6. The Labute approximate surface area is 174 Å². The number of carbonyl (C=O) groups is 3. The molecule has 1 aliphatic rings. The van der Waals surface area contributed by atoms with Crippen LogP contribution in [0.1, 0.15) is 27.1 Å². The van der Waals surface area contributed by atoms with Crippen LogP contribution in [0.2, 0.25) is 0 Å². The van der Waals surface area contributed by atoms with E-state index in [4.69, 9.17) is 4.74 Å². The van der Waals surface area contributed by atoms with Crippen molar-refractivity contribution in [3.8, 4) is 0 Å². The Bertz CT molecular complexity index is 1030. The molecule has 0 bridgehead atoms. The second-order valence-corrected chi connectivity index (χ2v) is 8.33. The molecule has 158 valence electrons. The van der Waals surface area contributed by atoms with Crippen molar-refractivity contribution in [1.29, 1.82) is 0 Å². The van der Waals surface area contributed by atoms with Gasteiger partial charge in [-0.15, -0.1) is 0 Å². The normalized spacial score (nSPS) is 13.4. The number of rotatable bonds is 9. The molecule has 10 heteroatoms. The first kappa shape index (κ1) is 21.6. The van der Waals surface area contributed by atoms with Gasteiger partial charge in [-0.3, -0.25) is 19.3 Å². The van der Waals surface area contributed by atoms with Crippen molar-refractivity contribution in [2.24, 2.45) is 0 Å². The Morgan fingerprint density at radius 2 is 1.60 bits per heavy atom. The molecule has 0 saturated carbocycles. The van der Waals surface area contributed by atoms with Gasteiger partial charge in [-0.2, -0.15) is 0 Å². The number of ether oxygens (including phenoxy) is 1. The third-order valence-electron chi connectivity index (χ3n) is 4.45. The first-order chi connectivity index (χ1) is 14.3. The smallest absolute Gasteiger partial charge is 0.262 e. The van der Waals surface area contributed by atoms with Crippen LogP contribution in [0.15, 0.2) is 53.4 Å². The first-order valence-corrected chi connectivity index (χ1v) is 10.7. The molecule has 0 atom stereocenters. The van der Waals surface area contributed by atoms with E-state index in [9.17, 15) is 22.8 Å². The number of methoxy groups -OCH3 is 1. The number of carbonyl (C=O) groups excluding carboxylic acids is 3. The SMILES string of the molecule is COCCCNS(=O)(=O)c1ccc(NC(=O)CN2C(=O)c3ccccc3C2=O)cc1. The molecule has 0 saturated heterocycles. The Kier molecular flexibility index (Phi) is 6.60. The molecule has 9 nitrogen and oxygen atoms in total. The van der Waals surface area contributed by atoms with Crippen molar-refractivity contribution in [3.05, 3.63) is 59.7 Å². The molecule has 0 aliphatic carbocycles. The van der Waals surface area contributed by atoms with E-state index in [2.05, 4.69) is 10.0 Å². The topological polar surface area (TPSA) is 122 Å². The highest BCUT2D eigenvalue weighted by molar-refractivity contribution is 7.89. The zero-order valence-corrected chi connectivity index (χ0v) is 17.1. The van der Waals surface area contributed by atoms with Gasteiger partial charge < -0.3 is 10.1 Å². The van der Waals surface area contributed by atoms with E-state index in [-0.39, 0.29) is 22.6 Å². The highest BCUT2D eigenvalue weighted by Crippen LogP contribution is 2.22. The largest absolute Gasteiger partial charge is 0.385 e. The molecule has 30 heavy (non-hydrogen) atoms. The molecule has 3 amide bonds. The third-order valence-corrected chi connectivity index (χ3v) is 5.92. The van der Waals surface area contributed by atoms with Crippen LogP contribution in [-0.4, -0.2) is 57.8 Å². The molecule has 0 spiro atoms. The summed E-state index contributed by atoms with van der Waals surface area (Å²) >= 11 is 0. The average molecular weight is 431 g/mol. The predicted molar refractivity (Wildman–Crippen MR) is 109 cm³/mol. The lowest BCUT2D eigenvalue weighted by atomic mass is 10.1. The summed E-state index contributed by atoms with van der Waals surface area (Å²) in [6.45, 7) is 0.253. The van der Waals surface area contributed by atoms with Crippen molar-refractivity contribution in [2.75, 3.05) is 32.1 Å². The standard InChI is InChI=1S/C20H21N3O6S/c1-29-12-4-11-21-30(27,28)15-9-7-14(8-10-15)22-18(24)13-23-19(25)16-5-2-3-6-17(16)20(23)26/h2-3,5-10,21H,4,11-13H2,1H3,(H,22,24). The summed E-state index contributed by atoms with van der Waals surface area (Å²) in [6, 6.07) is 12.0. The fourth-order valence-electron chi connectivity index (χ4n) is 2.95. The zero-order valence-electron chi connectivity index (χ0n) is 16.3. The molecule has 1 aliphatic heterocycles. The van der Waals surface area contributed by atoms with Crippen LogP contribution in [0.5, 0.6) is 0 Å². The molecule has 3 rings (SSSR count). The number of fused-ring (bicyclic) bond motifs is 1. The first-order valence-electron chi connectivity index (χ1n) is 9.17. The van der Waals surface area contributed by atoms with Gasteiger partial charge in [-0.05, 0) is 42.8 Å². The van der Waals surface area contributed by atoms with E-state index < -0.39 is 34.3 Å². The minimum atomic E-state index is -3.67. The molecule has 0 fully saturated rings. The monoisotopic (exact) mass is 431 g/mol. The summed E-state index contributed by atoms with van der Waals surface area (Å²) in [6.07, 6.45) is 0.543. The van der Waals surface area contributed by atoms with E-state index in [0.717, 1.165) is 4.90 Å². The lowest BCUT2D eigenvalue weighted by Gasteiger charge is -2.14. The van der Waals surface area contributed by atoms with E-state index in [1.165, 1.54) is 43.5 Å². The number of amides is 3. The van der Waals surface area contributed by atoms with Gasteiger partial charge in [0.2, 0.25) is 15.9 Å². The minimum absolute atomic E-state index is 0.0539. The number of imide groups is 1. The van der Waals surface area contributed by atoms with E-state index in [1.807, 2.05) is 0 Å². The van der Waals surface area contributed by atoms with Gasteiger partial charge in [0.05, 0.1) is 16.0 Å². The molecule has 2 N–H and O–H groups in total. The van der Waals surface area contributed by atoms with Crippen LogP contribution >= 0.6 is 0 Å². The maximum Gasteiger partial charge on any atom is 0.262 e. The zero-order chi connectivity index (χ0) is 21.7. The Morgan fingerprint density at radius 3 is 2.17 bits per heavy atom. The van der Waals surface area contributed by atoms with Gasteiger partial charge >= 0.3 is 0 Å².